The van der Waals surface area contributed by atoms with E-state index < -0.39 is 0 Å². The van der Waals surface area contributed by atoms with Crippen molar-refractivity contribution in [3.63, 3.8) is 0 Å². The van der Waals surface area contributed by atoms with Gasteiger partial charge in [-0.25, -0.2) is 0 Å². The number of amides is 1. The number of carbonyl (C=O) groups is 2. The molecule has 4 nitrogen and oxygen atoms in total. The van der Waals surface area contributed by atoms with Gasteiger partial charge in [0.05, 0.1) is 0 Å². The van der Waals surface area contributed by atoms with E-state index in [0.29, 0.717) is 19.5 Å². The molecule has 0 aliphatic heterocycles. The number of hydrogen-bond acceptors (Lipinski definition) is 3. The van der Waals surface area contributed by atoms with Crippen LogP contribution in [-0.2, 0) is 9.59 Å². The van der Waals surface area contributed by atoms with Crippen molar-refractivity contribution in [1.82, 2.24) is 5.32 Å². The molecule has 0 saturated carbocycles. The minimum Gasteiger partial charge on any atom is -0.359 e. The Morgan fingerprint density at radius 3 is 2.57 bits per heavy atom. The highest BCUT2D eigenvalue weighted by molar-refractivity contribution is 5.82. The molecule has 0 fully saturated rings. The molecule has 0 rings (SSSR count). The number of ketones is 1. The highest BCUT2D eigenvalue weighted by Crippen LogP contribution is 2.11. The van der Waals surface area contributed by atoms with Crippen LogP contribution in [0.2, 0.25) is 0 Å². The first-order chi connectivity index (χ1) is 6.63. The largest absolute Gasteiger partial charge is 0.359 e. The van der Waals surface area contributed by atoms with Crippen molar-refractivity contribution < 1.29 is 9.59 Å². The van der Waals surface area contributed by atoms with Crippen LogP contribution < -0.4 is 11.1 Å². The maximum Gasteiger partial charge on any atom is 0.207 e. The summed E-state index contributed by atoms with van der Waals surface area (Å²) in [6.07, 6.45) is 2.23. The van der Waals surface area contributed by atoms with E-state index >= 15 is 0 Å². The zero-order chi connectivity index (χ0) is 11.0. The summed E-state index contributed by atoms with van der Waals surface area (Å²) in [6, 6.07) is 0. The molecule has 3 N–H and O–H groups in total. The Labute approximate surface area is 85.2 Å². The van der Waals surface area contributed by atoms with Gasteiger partial charge in [-0.05, 0) is 12.8 Å². The monoisotopic (exact) mass is 200 g/mol. The molecular formula is C10H20N2O2. The molecule has 0 bridgehead atoms. The first-order valence-electron chi connectivity index (χ1n) is 5.04. The van der Waals surface area contributed by atoms with Crippen molar-refractivity contribution in [3.8, 4) is 0 Å². The predicted molar refractivity (Wildman–Crippen MR) is 55.7 cm³/mol. The van der Waals surface area contributed by atoms with E-state index in [1.165, 1.54) is 0 Å². The van der Waals surface area contributed by atoms with E-state index in [-0.39, 0.29) is 17.6 Å². The van der Waals surface area contributed by atoms with Gasteiger partial charge in [-0.1, -0.05) is 13.8 Å². The second-order valence-corrected chi connectivity index (χ2v) is 3.70. The van der Waals surface area contributed by atoms with E-state index in [9.17, 15) is 9.59 Å². The van der Waals surface area contributed by atoms with Crippen LogP contribution in [0, 0.1) is 11.8 Å². The summed E-state index contributed by atoms with van der Waals surface area (Å²) in [5.41, 5.74) is 5.52. The number of nitrogens with one attached hydrogen (secondary N) is 1. The summed E-state index contributed by atoms with van der Waals surface area (Å²) >= 11 is 0. The molecule has 82 valence electrons. The van der Waals surface area contributed by atoms with E-state index in [1.54, 1.807) is 0 Å². The highest BCUT2D eigenvalue weighted by atomic mass is 16.1. The van der Waals surface area contributed by atoms with Gasteiger partial charge in [0, 0.05) is 24.9 Å². The Kier molecular flexibility index (Phi) is 7.02. The van der Waals surface area contributed by atoms with Crippen molar-refractivity contribution in [3.05, 3.63) is 0 Å². The Morgan fingerprint density at radius 1 is 1.50 bits per heavy atom. The van der Waals surface area contributed by atoms with Gasteiger partial charge in [0.15, 0.2) is 0 Å². The van der Waals surface area contributed by atoms with Crippen molar-refractivity contribution in [2.45, 2.75) is 26.7 Å². The van der Waals surface area contributed by atoms with Crippen molar-refractivity contribution >= 4 is 12.2 Å². The third-order valence-electron chi connectivity index (χ3n) is 2.21. The van der Waals surface area contributed by atoms with Gasteiger partial charge < -0.3 is 11.1 Å². The van der Waals surface area contributed by atoms with Crippen LogP contribution in [0.4, 0.5) is 0 Å². The van der Waals surface area contributed by atoms with Crippen molar-refractivity contribution in [2.75, 3.05) is 13.1 Å². The number of hydrogen-bond donors (Lipinski definition) is 2. The summed E-state index contributed by atoms with van der Waals surface area (Å²) in [5, 5.41) is 2.56. The average molecular weight is 200 g/mol. The smallest absolute Gasteiger partial charge is 0.207 e. The quantitative estimate of drug-likeness (QED) is 0.437. The van der Waals surface area contributed by atoms with E-state index in [4.69, 9.17) is 5.73 Å². The SMILES string of the molecule is CC(C)C(=O)C(CN)CCCNC=O. The van der Waals surface area contributed by atoms with E-state index in [0.717, 1.165) is 12.8 Å². The molecular weight excluding hydrogens is 180 g/mol. The van der Waals surface area contributed by atoms with Crippen LogP contribution in [0.1, 0.15) is 26.7 Å². The fraction of sp³-hybridized carbons (Fsp3) is 0.800. The number of carbonyl (C=O) groups excluding carboxylic acids is 2. The third-order valence-corrected chi connectivity index (χ3v) is 2.21. The van der Waals surface area contributed by atoms with Gasteiger partial charge in [0.1, 0.15) is 5.78 Å². The summed E-state index contributed by atoms with van der Waals surface area (Å²) < 4.78 is 0. The molecule has 0 aliphatic rings. The fourth-order valence-electron chi connectivity index (χ4n) is 1.36. The lowest BCUT2D eigenvalue weighted by molar-refractivity contribution is -0.125. The zero-order valence-corrected chi connectivity index (χ0v) is 8.95. The molecule has 0 aromatic rings. The topological polar surface area (TPSA) is 72.2 Å². The normalized spacial score (nSPS) is 12.6. The molecule has 0 aromatic carbocycles. The molecule has 0 radical (unpaired) electrons. The van der Waals surface area contributed by atoms with Gasteiger partial charge in [-0.2, -0.15) is 0 Å². The molecule has 1 amide bonds. The summed E-state index contributed by atoms with van der Waals surface area (Å²) in [7, 11) is 0. The van der Waals surface area contributed by atoms with E-state index in [2.05, 4.69) is 5.32 Å². The summed E-state index contributed by atoms with van der Waals surface area (Å²) in [5.74, 6) is 0.213. The molecule has 1 unspecified atom stereocenters. The lowest BCUT2D eigenvalue weighted by Crippen LogP contribution is -2.28. The summed E-state index contributed by atoms with van der Waals surface area (Å²) in [4.78, 5) is 21.5. The molecule has 0 saturated heterocycles. The number of rotatable bonds is 8. The third kappa shape index (κ3) is 4.97. The van der Waals surface area contributed by atoms with Crippen LogP contribution in [0.5, 0.6) is 0 Å². The van der Waals surface area contributed by atoms with Crippen LogP contribution in [0.15, 0.2) is 0 Å². The minimum absolute atomic E-state index is 0.0441. The van der Waals surface area contributed by atoms with Crippen molar-refractivity contribution in [1.29, 1.82) is 0 Å². The van der Waals surface area contributed by atoms with Gasteiger partial charge in [-0.3, -0.25) is 9.59 Å². The lowest BCUT2D eigenvalue weighted by Gasteiger charge is -2.15. The minimum atomic E-state index is -0.0524. The zero-order valence-electron chi connectivity index (χ0n) is 8.95. The predicted octanol–water partition coefficient (Wildman–Crippen LogP) is 0.313. The average Bonchev–Trinajstić information content (AvgIpc) is 2.17. The first-order valence-corrected chi connectivity index (χ1v) is 5.04. The summed E-state index contributed by atoms with van der Waals surface area (Å²) in [6.45, 7) is 4.78. The van der Waals surface area contributed by atoms with Gasteiger partial charge in [0.25, 0.3) is 0 Å². The Bertz CT molecular complexity index is 181. The van der Waals surface area contributed by atoms with Gasteiger partial charge in [0.2, 0.25) is 6.41 Å². The maximum atomic E-state index is 11.6. The van der Waals surface area contributed by atoms with Crippen LogP contribution in [0.25, 0.3) is 0 Å². The van der Waals surface area contributed by atoms with Crippen LogP contribution in [-0.4, -0.2) is 25.3 Å². The number of Topliss-reactive ketones (excluding diaryl/α,β-unsaturated/α-hetero) is 1. The Hall–Kier alpha value is -0.900. The van der Waals surface area contributed by atoms with Gasteiger partial charge in [-0.15, -0.1) is 0 Å². The molecule has 0 aromatic heterocycles. The Balaban J connectivity index is 3.79. The van der Waals surface area contributed by atoms with Crippen LogP contribution >= 0.6 is 0 Å². The molecule has 0 heterocycles. The molecule has 0 aliphatic carbocycles. The standard InChI is InChI=1S/C10H20N2O2/c1-8(2)10(14)9(6-11)4-3-5-12-7-13/h7-9H,3-6,11H2,1-2H3,(H,12,13). The molecule has 0 spiro atoms. The molecule has 4 heteroatoms. The van der Waals surface area contributed by atoms with Gasteiger partial charge >= 0.3 is 0 Å². The van der Waals surface area contributed by atoms with Crippen molar-refractivity contribution in [2.24, 2.45) is 17.6 Å². The maximum absolute atomic E-state index is 11.6. The second kappa shape index (κ2) is 7.50. The molecule has 1 atom stereocenters. The molecule has 14 heavy (non-hydrogen) atoms. The second-order valence-electron chi connectivity index (χ2n) is 3.70. The number of nitrogens with two attached hydrogens (primary N) is 1. The first kappa shape index (κ1) is 13.1. The fourth-order valence-corrected chi connectivity index (χ4v) is 1.36. The highest BCUT2D eigenvalue weighted by Gasteiger charge is 2.18. The Morgan fingerprint density at radius 2 is 2.14 bits per heavy atom. The van der Waals surface area contributed by atoms with E-state index in [1.807, 2.05) is 13.8 Å². The lowest BCUT2D eigenvalue weighted by atomic mass is 9.91. The van der Waals surface area contributed by atoms with Crippen LogP contribution in [0.3, 0.4) is 0 Å².